The Balaban J connectivity index is 0.914. The zero-order chi connectivity index (χ0) is 30.4. The summed E-state index contributed by atoms with van der Waals surface area (Å²) in [6, 6.07) is 0.399. The number of rotatable bonds is 19. The third kappa shape index (κ3) is 10.7. The SMILES string of the molecule is O=C(CCCCCNC(=O)CCCCC1SC[C@H]2NC(=O)N[C@@H]12)NCCCCNC(=O)c1cn(C2CCC(CO)O2)cn1. The molecular formula is C29H47N7O6S. The topological polar surface area (TPSA) is 176 Å². The minimum Gasteiger partial charge on any atom is -0.394 e. The van der Waals surface area contributed by atoms with Crippen LogP contribution in [0.5, 0.6) is 0 Å². The smallest absolute Gasteiger partial charge is 0.315 e. The average Bonchev–Trinajstić information content (AvgIpc) is 3.80. The van der Waals surface area contributed by atoms with Crippen molar-refractivity contribution < 1.29 is 29.0 Å². The number of aromatic nitrogens is 2. The Bertz CT molecular complexity index is 1070. The monoisotopic (exact) mass is 621 g/mol. The Hall–Kier alpha value is -2.84. The van der Waals surface area contributed by atoms with Crippen LogP contribution in [0, 0.1) is 0 Å². The van der Waals surface area contributed by atoms with Crippen LogP contribution in [0.4, 0.5) is 4.79 Å². The van der Waals surface area contributed by atoms with E-state index in [1.807, 2.05) is 11.8 Å². The number of urea groups is 1. The number of aliphatic hydroxyl groups is 1. The second-order valence-electron chi connectivity index (χ2n) is 11.5. The summed E-state index contributed by atoms with van der Waals surface area (Å²) in [6.07, 6.45) is 12.3. The fourth-order valence-electron chi connectivity index (χ4n) is 5.69. The van der Waals surface area contributed by atoms with Crippen LogP contribution >= 0.6 is 11.8 Å². The summed E-state index contributed by atoms with van der Waals surface area (Å²) in [6.45, 7) is 1.69. The van der Waals surface area contributed by atoms with E-state index < -0.39 is 0 Å². The number of ether oxygens (including phenoxy) is 1. The molecule has 4 heterocycles. The Morgan fingerprint density at radius 2 is 1.65 bits per heavy atom. The van der Waals surface area contributed by atoms with E-state index in [-0.39, 0.29) is 54.8 Å². The van der Waals surface area contributed by atoms with Gasteiger partial charge in [-0.15, -0.1) is 0 Å². The van der Waals surface area contributed by atoms with Crippen LogP contribution in [0.3, 0.4) is 0 Å². The predicted octanol–water partition coefficient (Wildman–Crippen LogP) is 1.58. The molecule has 13 nitrogen and oxygen atoms in total. The van der Waals surface area contributed by atoms with E-state index in [9.17, 15) is 24.3 Å². The van der Waals surface area contributed by atoms with Gasteiger partial charge in [0.15, 0.2) is 0 Å². The number of carbonyl (C=O) groups is 4. The molecule has 43 heavy (non-hydrogen) atoms. The molecular weight excluding hydrogens is 574 g/mol. The van der Waals surface area contributed by atoms with Crippen LogP contribution in [-0.4, -0.2) is 93.8 Å². The molecule has 0 spiro atoms. The van der Waals surface area contributed by atoms with Crippen LogP contribution < -0.4 is 26.6 Å². The lowest BCUT2D eigenvalue weighted by Gasteiger charge is -2.16. The summed E-state index contributed by atoms with van der Waals surface area (Å²) >= 11 is 1.90. The molecule has 3 unspecified atom stereocenters. The summed E-state index contributed by atoms with van der Waals surface area (Å²) in [7, 11) is 0. The first-order chi connectivity index (χ1) is 20.9. The maximum absolute atomic E-state index is 12.3. The number of hydrogen-bond donors (Lipinski definition) is 6. The van der Waals surface area contributed by atoms with Gasteiger partial charge in [-0.2, -0.15) is 11.8 Å². The average molecular weight is 622 g/mol. The summed E-state index contributed by atoms with van der Waals surface area (Å²) in [5, 5.41) is 24.3. The summed E-state index contributed by atoms with van der Waals surface area (Å²) < 4.78 is 7.47. The van der Waals surface area contributed by atoms with E-state index in [1.54, 1.807) is 17.1 Å². The Morgan fingerprint density at radius 1 is 0.953 bits per heavy atom. The molecule has 3 aliphatic heterocycles. The lowest BCUT2D eigenvalue weighted by Crippen LogP contribution is -2.36. The third-order valence-corrected chi connectivity index (χ3v) is 9.66. The van der Waals surface area contributed by atoms with Gasteiger partial charge in [-0.25, -0.2) is 9.78 Å². The van der Waals surface area contributed by atoms with Crippen LogP contribution in [-0.2, 0) is 14.3 Å². The van der Waals surface area contributed by atoms with Crippen molar-refractivity contribution in [3.8, 4) is 0 Å². The highest BCUT2D eigenvalue weighted by Crippen LogP contribution is 2.33. The van der Waals surface area contributed by atoms with Crippen molar-refractivity contribution in [2.75, 3.05) is 32.0 Å². The van der Waals surface area contributed by atoms with Crippen LogP contribution in [0.2, 0.25) is 0 Å². The van der Waals surface area contributed by atoms with Crippen LogP contribution in [0.25, 0.3) is 0 Å². The molecule has 0 bridgehead atoms. The zero-order valence-corrected chi connectivity index (χ0v) is 25.7. The molecule has 14 heteroatoms. The maximum atomic E-state index is 12.3. The van der Waals surface area contributed by atoms with Gasteiger partial charge in [-0.05, 0) is 51.4 Å². The standard InChI is InChI=1S/C29H47N7O6S/c37-17-20-11-12-26(42-20)36-16-21(33-19-36)28(40)32-15-7-6-14-31-24(38)9-2-1-5-13-30-25(39)10-4-3-8-23-27-22(18-43-23)34-29(41)35-27/h16,19-20,22-23,26-27,37H,1-15,17-18H2,(H,30,39)(H,31,38)(H,32,40)(H2,34,35,41)/t20?,22-,23?,26?,27-/m1/s1. The summed E-state index contributed by atoms with van der Waals surface area (Å²) in [5.41, 5.74) is 0.330. The first kappa shape index (κ1) is 33.1. The van der Waals surface area contributed by atoms with E-state index in [2.05, 4.69) is 31.6 Å². The first-order valence-electron chi connectivity index (χ1n) is 15.7. The van der Waals surface area contributed by atoms with Gasteiger partial charge in [0.2, 0.25) is 11.8 Å². The number of imidazole rings is 1. The van der Waals surface area contributed by atoms with Crippen molar-refractivity contribution in [1.82, 2.24) is 36.1 Å². The van der Waals surface area contributed by atoms with Gasteiger partial charge in [-0.1, -0.05) is 12.8 Å². The van der Waals surface area contributed by atoms with Crippen molar-refractivity contribution in [3.63, 3.8) is 0 Å². The Labute approximate surface area is 257 Å². The Morgan fingerprint density at radius 3 is 2.37 bits per heavy atom. The predicted molar refractivity (Wildman–Crippen MR) is 162 cm³/mol. The molecule has 3 aliphatic rings. The molecule has 3 fully saturated rings. The van der Waals surface area contributed by atoms with E-state index in [4.69, 9.17) is 4.74 Å². The van der Waals surface area contributed by atoms with Gasteiger partial charge >= 0.3 is 6.03 Å². The highest BCUT2D eigenvalue weighted by Gasteiger charge is 2.42. The number of fused-ring (bicyclic) bond motifs is 1. The van der Waals surface area contributed by atoms with Gasteiger partial charge in [-0.3, -0.25) is 14.4 Å². The molecule has 0 radical (unpaired) electrons. The first-order valence-corrected chi connectivity index (χ1v) is 16.8. The number of hydrogen-bond acceptors (Lipinski definition) is 8. The summed E-state index contributed by atoms with van der Waals surface area (Å²) in [5.74, 6) is 0.812. The number of aliphatic hydroxyl groups excluding tert-OH is 1. The number of unbranched alkanes of at least 4 members (excludes halogenated alkanes) is 4. The normalized spacial score (nSPS) is 24.3. The van der Waals surface area contributed by atoms with Crippen molar-refractivity contribution in [2.24, 2.45) is 0 Å². The lowest BCUT2D eigenvalue weighted by atomic mass is 10.0. The minimum atomic E-state index is -0.244. The van der Waals surface area contributed by atoms with E-state index in [1.165, 1.54) is 0 Å². The van der Waals surface area contributed by atoms with Gasteiger partial charge in [0.05, 0.1) is 31.1 Å². The number of carbonyl (C=O) groups excluding carboxylic acids is 4. The third-order valence-electron chi connectivity index (χ3n) is 8.15. The zero-order valence-electron chi connectivity index (χ0n) is 24.9. The molecule has 3 saturated heterocycles. The fraction of sp³-hybridized carbons (Fsp3) is 0.759. The molecule has 5 atom stereocenters. The van der Waals surface area contributed by atoms with Gasteiger partial charge < -0.3 is 41.0 Å². The maximum Gasteiger partial charge on any atom is 0.315 e. The van der Waals surface area contributed by atoms with Crippen LogP contribution in [0.1, 0.15) is 93.8 Å². The molecule has 5 amide bonds. The number of nitrogens with one attached hydrogen (secondary N) is 5. The van der Waals surface area contributed by atoms with Gasteiger partial charge in [0.25, 0.3) is 5.91 Å². The largest absolute Gasteiger partial charge is 0.394 e. The Kier molecular flexibility index (Phi) is 13.4. The van der Waals surface area contributed by atoms with Crippen molar-refractivity contribution in [2.45, 2.75) is 107 Å². The molecule has 1 aromatic heterocycles. The van der Waals surface area contributed by atoms with E-state index in [0.29, 0.717) is 43.4 Å². The van der Waals surface area contributed by atoms with E-state index >= 15 is 0 Å². The second-order valence-corrected chi connectivity index (χ2v) is 12.8. The number of amides is 5. The lowest BCUT2D eigenvalue weighted by molar-refractivity contribution is -0.122. The number of nitrogens with zero attached hydrogens (tertiary/aromatic N) is 2. The van der Waals surface area contributed by atoms with Crippen molar-refractivity contribution in [3.05, 3.63) is 18.2 Å². The highest BCUT2D eigenvalue weighted by atomic mass is 32.2. The number of thioether (sulfide) groups is 1. The molecule has 4 rings (SSSR count). The summed E-state index contributed by atoms with van der Waals surface area (Å²) in [4.78, 5) is 52.1. The van der Waals surface area contributed by atoms with Crippen molar-refractivity contribution in [1.29, 1.82) is 0 Å². The van der Waals surface area contributed by atoms with Gasteiger partial charge in [0.1, 0.15) is 11.9 Å². The van der Waals surface area contributed by atoms with Crippen LogP contribution in [0.15, 0.2) is 12.5 Å². The molecule has 0 aromatic carbocycles. The second kappa shape index (κ2) is 17.5. The molecule has 240 valence electrons. The minimum absolute atomic E-state index is 0.00811. The highest BCUT2D eigenvalue weighted by molar-refractivity contribution is 8.00. The van der Waals surface area contributed by atoms with Crippen molar-refractivity contribution >= 4 is 35.5 Å². The van der Waals surface area contributed by atoms with Gasteiger partial charge in [0, 0.05) is 49.7 Å². The molecule has 0 saturated carbocycles. The quantitative estimate of drug-likeness (QED) is 0.0997. The molecule has 6 N–H and O–H groups in total. The molecule has 0 aliphatic carbocycles. The fourth-order valence-corrected chi connectivity index (χ4v) is 7.23. The van der Waals surface area contributed by atoms with E-state index in [0.717, 1.165) is 70.0 Å². The molecule has 1 aromatic rings.